The Morgan fingerprint density at radius 1 is 1.11 bits per heavy atom. The molecule has 8 heteroatoms. The van der Waals surface area contributed by atoms with Gasteiger partial charge in [-0.05, 0) is 42.0 Å². The summed E-state index contributed by atoms with van der Waals surface area (Å²) in [5.74, 6) is 0.834. The van der Waals surface area contributed by atoms with E-state index >= 15 is 0 Å². The Labute approximate surface area is 202 Å². The van der Waals surface area contributed by atoms with Crippen molar-refractivity contribution >= 4 is 27.8 Å². The average Bonchev–Trinajstić information content (AvgIpc) is 3.53. The van der Waals surface area contributed by atoms with Crippen LogP contribution in [-0.4, -0.2) is 63.7 Å². The van der Waals surface area contributed by atoms with Gasteiger partial charge in [0, 0.05) is 65.3 Å². The molecule has 0 saturated carbocycles. The van der Waals surface area contributed by atoms with Crippen molar-refractivity contribution in [3.8, 4) is 28.1 Å². The summed E-state index contributed by atoms with van der Waals surface area (Å²) in [5, 5.41) is 2.01. The van der Waals surface area contributed by atoms with Crippen LogP contribution in [0.25, 0.3) is 44.3 Å². The van der Waals surface area contributed by atoms with E-state index in [1.54, 1.807) is 13.3 Å². The molecule has 35 heavy (non-hydrogen) atoms. The number of H-pyrrole nitrogens is 1. The van der Waals surface area contributed by atoms with E-state index in [0.717, 1.165) is 50.1 Å². The summed E-state index contributed by atoms with van der Waals surface area (Å²) in [5.41, 5.74) is 5.58. The Bertz CT molecular complexity index is 1520. The molecule has 0 aliphatic carbocycles. The first-order valence-electron chi connectivity index (χ1n) is 11.6. The van der Waals surface area contributed by atoms with Crippen molar-refractivity contribution in [3.05, 3.63) is 67.3 Å². The minimum atomic E-state index is 0.0800. The van der Waals surface area contributed by atoms with Gasteiger partial charge < -0.3 is 23.9 Å². The third-order valence-corrected chi connectivity index (χ3v) is 6.53. The van der Waals surface area contributed by atoms with Crippen molar-refractivity contribution in [2.75, 3.05) is 33.4 Å². The first kappa shape index (κ1) is 21.4. The molecule has 6 rings (SSSR count). The molecule has 4 aromatic heterocycles. The number of benzene rings is 1. The van der Waals surface area contributed by atoms with Gasteiger partial charge in [0.25, 0.3) is 0 Å². The lowest BCUT2D eigenvalue weighted by molar-refractivity contribution is -0.135. The van der Waals surface area contributed by atoms with E-state index in [4.69, 9.17) is 14.5 Å². The Morgan fingerprint density at radius 3 is 2.80 bits per heavy atom. The highest BCUT2D eigenvalue weighted by Crippen LogP contribution is 2.36. The van der Waals surface area contributed by atoms with Crippen LogP contribution >= 0.6 is 0 Å². The van der Waals surface area contributed by atoms with E-state index in [1.165, 1.54) is 0 Å². The number of aromatic amines is 1. The molecule has 0 unspecified atom stereocenters. The molecule has 0 spiro atoms. The molecule has 5 aromatic rings. The maximum absolute atomic E-state index is 13.1. The molecule has 5 heterocycles. The first-order chi connectivity index (χ1) is 17.2. The summed E-state index contributed by atoms with van der Waals surface area (Å²) in [6.07, 6.45) is 7.55. The molecule has 0 radical (unpaired) electrons. The molecule has 1 amide bonds. The topological polar surface area (TPSA) is 85.3 Å². The maximum atomic E-state index is 13.1. The number of pyridine rings is 2. The lowest BCUT2D eigenvalue weighted by Crippen LogP contribution is -2.42. The second-order valence-electron chi connectivity index (χ2n) is 8.58. The monoisotopic (exact) mass is 467 g/mol. The van der Waals surface area contributed by atoms with Gasteiger partial charge in [0.05, 0.1) is 26.0 Å². The van der Waals surface area contributed by atoms with Crippen molar-refractivity contribution in [1.29, 1.82) is 0 Å². The molecule has 1 aliphatic heterocycles. The van der Waals surface area contributed by atoms with Crippen molar-refractivity contribution in [1.82, 2.24) is 24.4 Å². The zero-order valence-electron chi connectivity index (χ0n) is 19.4. The fraction of sp³-hybridized carbons (Fsp3) is 0.222. The number of aromatic nitrogens is 4. The second-order valence-corrected chi connectivity index (χ2v) is 8.58. The number of rotatable bonds is 5. The molecule has 176 valence electrons. The molecule has 1 aliphatic rings. The number of carbonyl (C=O) groups excluding carboxylic acids is 1. The summed E-state index contributed by atoms with van der Waals surface area (Å²) in [6.45, 7) is 2.66. The van der Waals surface area contributed by atoms with Crippen LogP contribution in [0, 0.1) is 0 Å². The van der Waals surface area contributed by atoms with E-state index in [1.807, 2.05) is 64.5 Å². The number of nitrogens with one attached hydrogen (secondary N) is 1. The molecule has 1 N–H and O–H groups in total. The summed E-state index contributed by atoms with van der Waals surface area (Å²) in [6, 6.07) is 14.0. The fourth-order valence-electron chi connectivity index (χ4n) is 4.73. The largest absolute Gasteiger partial charge is 0.497 e. The third kappa shape index (κ3) is 3.91. The van der Waals surface area contributed by atoms with Crippen LogP contribution in [0.3, 0.4) is 0 Å². The van der Waals surface area contributed by atoms with Gasteiger partial charge in [0.1, 0.15) is 17.9 Å². The molecule has 1 fully saturated rings. The number of ether oxygens (including phenoxy) is 2. The van der Waals surface area contributed by atoms with Crippen molar-refractivity contribution < 1.29 is 14.3 Å². The van der Waals surface area contributed by atoms with Gasteiger partial charge in [-0.1, -0.05) is 6.07 Å². The number of fused-ring (bicyclic) bond motifs is 2. The van der Waals surface area contributed by atoms with E-state index < -0.39 is 0 Å². The Balaban J connectivity index is 1.49. The van der Waals surface area contributed by atoms with E-state index in [9.17, 15) is 4.79 Å². The summed E-state index contributed by atoms with van der Waals surface area (Å²) >= 11 is 0. The fourth-order valence-corrected chi connectivity index (χ4v) is 4.73. The average molecular weight is 468 g/mol. The predicted octanol–water partition coefficient (Wildman–Crippen LogP) is 4.11. The minimum Gasteiger partial charge on any atom is -0.497 e. The highest BCUT2D eigenvalue weighted by Gasteiger charge is 2.21. The van der Waals surface area contributed by atoms with Gasteiger partial charge in [0.15, 0.2) is 0 Å². The van der Waals surface area contributed by atoms with Crippen LogP contribution < -0.4 is 4.74 Å². The molecule has 1 saturated heterocycles. The lowest BCUT2D eigenvalue weighted by Gasteiger charge is -2.27. The number of methoxy groups -OCH3 is 1. The molecular formula is C27H25N5O3. The molecule has 1 aromatic carbocycles. The van der Waals surface area contributed by atoms with E-state index in [0.29, 0.717) is 26.3 Å². The van der Waals surface area contributed by atoms with E-state index in [-0.39, 0.29) is 12.5 Å². The highest BCUT2D eigenvalue weighted by molar-refractivity contribution is 6.01. The molecule has 8 nitrogen and oxygen atoms in total. The third-order valence-electron chi connectivity index (χ3n) is 6.53. The lowest BCUT2D eigenvalue weighted by atomic mass is 10.0. The van der Waals surface area contributed by atoms with E-state index in [2.05, 4.69) is 16.0 Å². The van der Waals surface area contributed by atoms with Crippen molar-refractivity contribution in [3.63, 3.8) is 0 Å². The van der Waals surface area contributed by atoms with Crippen LogP contribution in [0.2, 0.25) is 0 Å². The van der Waals surface area contributed by atoms with Gasteiger partial charge in [-0.2, -0.15) is 0 Å². The summed E-state index contributed by atoms with van der Waals surface area (Å²) < 4.78 is 12.9. The van der Waals surface area contributed by atoms with Crippen LogP contribution in [0.15, 0.2) is 67.3 Å². The highest BCUT2D eigenvalue weighted by atomic mass is 16.5. The molecule has 0 atom stereocenters. The smallest absolute Gasteiger partial charge is 0.242 e. The number of hydrogen-bond donors (Lipinski definition) is 1. The summed E-state index contributed by atoms with van der Waals surface area (Å²) in [4.78, 5) is 27.4. The van der Waals surface area contributed by atoms with Gasteiger partial charge in [-0.15, -0.1) is 0 Å². The van der Waals surface area contributed by atoms with Gasteiger partial charge in [-0.3, -0.25) is 9.78 Å². The minimum absolute atomic E-state index is 0.0800. The zero-order valence-corrected chi connectivity index (χ0v) is 19.4. The Kier molecular flexibility index (Phi) is 5.42. The number of nitrogens with zero attached hydrogens (tertiary/aromatic N) is 4. The number of morpholine rings is 1. The Morgan fingerprint density at radius 2 is 2.00 bits per heavy atom. The maximum Gasteiger partial charge on any atom is 0.242 e. The van der Waals surface area contributed by atoms with Crippen LogP contribution in [-0.2, 0) is 16.1 Å². The molecule has 0 bridgehead atoms. The number of carbonyl (C=O) groups is 1. The van der Waals surface area contributed by atoms with Gasteiger partial charge in [-0.25, -0.2) is 4.98 Å². The van der Waals surface area contributed by atoms with Gasteiger partial charge in [0.2, 0.25) is 5.91 Å². The quantitative estimate of drug-likeness (QED) is 0.420. The molecular weight excluding hydrogens is 442 g/mol. The Hall–Kier alpha value is -4.17. The zero-order chi connectivity index (χ0) is 23.8. The number of hydrogen-bond acceptors (Lipinski definition) is 5. The van der Waals surface area contributed by atoms with Crippen LogP contribution in [0.1, 0.15) is 0 Å². The normalized spacial score (nSPS) is 14.0. The standard InChI is InChI=1S/C27H25N5O3/c1-34-19-4-5-25-22(13-19)23(16-32(25)17-26(33)31-9-11-35-12-10-31)24-14-21(18-3-2-7-28-15-18)20-6-8-29-27(20)30-24/h2-8,13-16H,9-12,17H2,1H3,(H,29,30). The number of amides is 1. The first-order valence-corrected chi connectivity index (χ1v) is 11.6. The van der Waals surface area contributed by atoms with Crippen LogP contribution in [0.5, 0.6) is 5.75 Å². The SMILES string of the molecule is COc1ccc2c(c1)c(-c1cc(-c3cccnc3)c3cc[nH]c3n1)cn2CC(=O)N1CCOCC1. The van der Waals surface area contributed by atoms with Crippen molar-refractivity contribution in [2.45, 2.75) is 6.54 Å². The van der Waals surface area contributed by atoms with Crippen molar-refractivity contribution in [2.24, 2.45) is 0 Å². The predicted molar refractivity (Wildman–Crippen MR) is 134 cm³/mol. The van der Waals surface area contributed by atoms with Crippen LogP contribution in [0.4, 0.5) is 0 Å². The summed E-state index contributed by atoms with van der Waals surface area (Å²) in [7, 11) is 1.66. The second kappa shape index (κ2) is 8.88. The van der Waals surface area contributed by atoms with Gasteiger partial charge >= 0.3 is 0 Å².